The number of ether oxygens (including phenoxy) is 3. The fraction of sp³-hybridized carbons (Fsp3) is 0.300. The minimum Gasteiger partial charge on any atom is -0.457 e. The average Bonchev–Trinajstić information content (AvgIpc) is 2.20. The van der Waals surface area contributed by atoms with E-state index in [4.69, 9.17) is 4.74 Å². The largest absolute Gasteiger partial charge is 0.511 e. The van der Waals surface area contributed by atoms with E-state index < -0.39 is 6.16 Å². The highest BCUT2D eigenvalue weighted by Crippen LogP contribution is 2.07. The summed E-state index contributed by atoms with van der Waals surface area (Å²) in [5.41, 5.74) is 0. The van der Waals surface area contributed by atoms with Crippen LogP contribution in [0, 0.1) is 6.07 Å². The standard InChI is InChI=1S/C10H11O4/c1-2-12-10(11)14-8-13-9-6-4-3-5-7-9/h4-7H,2,8H2,1H3. The number of hydrogen-bond donors (Lipinski definition) is 0. The van der Waals surface area contributed by atoms with Gasteiger partial charge in [-0.1, -0.05) is 12.1 Å². The first-order valence-corrected chi connectivity index (χ1v) is 4.21. The molecule has 0 aliphatic rings. The topological polar surface area (TPSA) is 44.8 Å². The van der Waals surface area contributed by atoms with E-state index in [1.807, 2.05) is 0 Å². The van der Waals surface area contributed by atoms with Gasteiger partial charge in [0.15, 0.2) is 0 Å². The highest BCUT2D eigenvalue weighted by atomic mass is 16.8. The number of rotatable bonds is 4. The van der Waals surface area contributed by atoms with Crippen LogP contribution in [0.25, 0.3) is 0 Å². The van der Waals surface area contributed by atoms with Crippen LogP contribution in [0.15, 0.2) is 24.3 Å². The number of carbonyl (C=O) groups is 1. The maximum Gasteiger partial charge on any atom is 0.511 e. The number of hydrogen-bond acceptors (Lipinski definition) is 4. The maximum absolute atomic E-state index is 10.7. The fourth-order valence-electron chi connectivity index (χ4n) is 0.773. The van der Waals surface area contributed by atoms with Crippen LogP contribution in [0.5, 0.6) is 5.75 Å². The zero-order valence-corrected chi connectivity index (χ0v) is 7.86. The SMILES string of the molecule is CCOC(=O)OCOc1cc[c]cc1. The average molecular weight is 195 g/mol. The molecule has 0 aliphatic carbocycles. The van der Waals surface area contributed by atoms with Crippen molar-refractivity contribution >= 4 is 6.16 Å². The van der Waals surface area contributed by atoms with Crippen LogP contribution < -0.4 is 4.74 Å². The Hall–Kier alpha value is -1.71. The molecule has 0 aromatic heterocycles. The van der Waals surface area contributed by atoms with Crippen LogP contribution >= 0.6 is 0 Å². The lowest BCUT2D eigenvalue weighted by Gasteiger charge is -2.06. The number of benzene rings is 1. The summed E-state index contributed by atoms with van der Waals surface area (Å²) in [4.78, 5) is 10.7. The van der Waals surface area contributed by atoms with Gasteiger partial charge in [0.2, 0.25) is 6.79 Å². The molecule has 1 radical (unpaired) electrons. The van der Waals surface area contributed by atoms with Gasteiger partial charge in [0.05, 0.1) is 6.61 Å². The number of carbonyl (C=O) groups excluding carboxylic acids is 1. The van der Waals surface area contributed by atoms with Crippen LogP contribution in [-0.2, 0) is 9.47 Å². The van der Waals surface area contributed by atoms with Crippen molar-refractivity contribution in [1.29, 1.82) is 0 Å². The van der Waals surface area contributed by atoms with Gasteiger partial charge >= 0.3 is 6.16 Å². The molecule has 0 aliphatic heterocycles. The first-order valence-electron chi connectivity index (χ1n) is 4.21. The molecule has 0 amide bonds. The van der Waals surface area contributed by atoms with Gasteiger partial charge < -0.3 is 14.2 Å². The summed E-state index contributed by atoms with van der Waals surface area (Å²) in [5, 5.41) is 0. The Bertz CT molecular complexity index is 271. The van der Waals surface area contributed by atoms with Crippen molar-refractivity contribution in [2.45, 2.75) is 6.92 Å². The molecule has 0 saturated carbocycles. The molecule has 0 spiro atoms. The van der Waals surface area contributed by atoms with Gasteiger partial charge in [-0.3, -0.25) is 0 Å². The lowest BCUT2D eigenvalue weighted by molar-refractivity contribution is 0.00688. The van der Waals surface area contributed by atoms with E-state index >= 15 is 0 Å². The zero-order valence-electron chi connectivity index (χ0n) is 7.86. The van der Waals surface area contributed by atoms with Gasteiger partial charge in [0.25, 0.3) is 0 Å². The monoisotopic (exact) mass is 195 g/mol. The fourth-order valence-corrected chi connectivity index (χ4v) is 0.773. The van der Waals surface area contributed by atoms with E-state index in [1.165, 1.54) is 0 Å². The lowest BCUT2D eigenvalue weighted by atomic mass is 10.3. The summed E-state index contributed by atoms with van der Waals surface area (Å²) in [6.07, 6.45) is -0.727. The summed E-state index contributed by atoms with van der Waals surface area (Å²) in [6.45, 7) is 1.84. The third-order valence-electron chi connectivity index (χ3n) is 1.35. The van der Waals surface area contributed by atoms with Crippen LogP contribution in [0.1, 0.15) is 6.92 Å². The van der Waals surface area contributed by atoms with Gasteiger partial charge in [0.1, 0.15) is 5.75 Å². The van der Waals surface area contributed by atoms with Crippen LogP contribution in [-0.4, -0.2) is 19.6 Å². The van der Waals surface area contributed by atoms with Gasteiger partial charge in [-0.05, 0) is 25.1 Å². The van der Waals surface area contributed by atoms with E-state index in [0.717, 1.165) is 0 Å². The van der Waals surface area contributed by atoms with Gasteiger partial charge in [-0.25, -0.2) is 4.79 Å². The van der Waals surface area contributed by atoms with Gasteiger partial charge in [0, 0.05) is 0 Å². The molecule has 4 heteroatoms. The predicted molar refractivity (Wildman–Crippen MR) is 48.9 cm³/mol. The molecular weight excluding hydrogens is 184 g/mol. The van der Waals surface area contributed by atoms with Gasteiger partial charge in [-0.15, -0.1) is 0 Å². The van der Waals surface area contributed by atoms with E-state index in [-0.39, 0.29) is 6.79 Å². The molecule has 4 nitrogen and oxygen atoms in total. The predicted octanol–water partition coefficient (Wildman–Crippen LogP) is 2.00. The van der Waals surface area contributed by atoms with E-state index in [2.05, 4.69) is 15.5 Å². The first kappa shape index (κ1) is 10.4. The Morgan fingerprint density at radius 1 is 1.36 bits per heavy atom. The molecule has 0 fully saturated rings. The highest BCUT2D eigenvalue weighted by Gasteiger charge is 2.01. The summed E-state index contributed by atoms with van der Waals surface area (Å²) < 4.78 is 14.2. The van der Waals surface area contributed by atoms with Crippen LogP contribution in [0.3, 0.4) is 0 Å². The Morgan fingerprint density at radius 2 is 2.07 bits per heavy atom. The minimum absolute atomic E-state index is 0.150. The van der Waals surface area contributed by atoms with Crippen molar-refractivity contribution in [1.82, 2.24) is 0 Å². The zero-order chi connectivity index (χ0) is 10.2. The molecule has 75 valence electrons. The Morgan fingerprint density at radius 3 is 2.71 bits per heavy atom. The van der Waals surface area contributed by atoms with E-state index in [0.29, 0.717) is 12.4 Å². The minimum atomic E-state index is -0.727. The van der Waals surface area contributed by atoms with Crippen molar-refractivity contribution < 1.29 is 19.0 Å². The quantitative estimate of drug-likeness (QED) is 0.544. The molecule has 0 unspecified atom stereocenters. The van der Waals surface area contributed by atoms with Crippen LogP contribution in [0.4, 0.5) is 4.79 Å². The molecular formula is C10H11O4. The smallest absolute Gasteiger partial charge is 0.457 e. The molecule has 1 aromatic rings. The summed E-state index contributed by atoms with van der Waals surface area (Å²) in [6, 6.07) is 9.69. The molecule has 0 atom stereocenters. The highest BCUT2D eigenvalue weighted by molar-refractivity contribution is 5.59. The van der Waals surface area contributed by atoms with Crippen molar-refractivity contribution in [2.75, 3.05) is 13.4 Å². The van der Waals surface area contributed by atoms with Crippen molar-refractivity contribution in [3.63, 3.8) is 0 Å². The first-order chi connectivity index (χ1) is 6.83. The molecule has 1 aromatic carbocycles. The molecule has 14 heavy (non-hydrogen) atoms. The molecule has 0 saturated heterocycles. The van der Waals surface area contributed by atoms with Gasteiger partial charge in [-0.2, -0.15) is 0 Å². The molecule has 0 bridgehead atoms. The van der Waals surface area contributed by atoms with E-state index in [1.54, 1.807) is 31.2 Å². The third kappa shape index (κ3) is 3.80. The summed E-state index contributed by atoms with van der Waals surface area (Å²) >= 11 is 0. The summed E-state index contributed by atoms with van der Waals surface area (Å²) in [7, 11) is 0. The van der Waals surface area contributed by atoms with E-state index in [9.17, 15) is 4.79 Å². The lowest BCUT2D eigenvalue weighted by Crippen LogP contribution is -2.11. The second-order valence-corrected chi connectivity index (χ2v) is 2.33. The normalized spacial score (nSPS) is 9.21. The van der Waals surface area contributed by atoms with Crippen molar-refractivity contribution in [3.8, 4) is 5.75 Å². The third-order valence-corrected chi connectivity index (χ3v) is 1.35. The maximum atomic E-state index is 10.7. The molecule has 1 rings (SSSR count). The Labute approximate surface area is 82.4 Å². The molecule has 0 N–H and O–H groups in total. The second-order valence-electron chi connectivity index (χ2n) is 2.33. The summed E-state index contributed by atoms with van der Waals surface area (Å²) in [5.74, 6) is 0.619. The van der Waals surface area contributed by atoms with Crippen molar-refractivity contribution in [2.24, 2.45) is 0 Å². The second kappa shape index (κ2) is 5.85. The molecule has 0 heterocycles. The van der Waals surface area contributed by atoms with Crippen LogP contribution in [0.2, 0.25) is 0 Å². The Kier molecular flexibility index (Phi) is 4.34. The van der Waals surface area contributed by atoms with Crippen molar-refractivity contribution in [3.05, 3.63) is 30.3 Å². The Balaban J connectivity index is 2.19.